The van der Waals surface area contributed by atoms with Gasteiger partial charge in [0.25, 0.3) is 0 Å². The summed E-state index contributed by atoms with van der Waals surface area (Å²) in [6, 6.07) is 14.6. The van der Waals surface area contributed by atoms with Crippen molar-refractivity contribution in [1.29, 1.82) is 0 Å². The summed E-state index contributed by atoms with van der Waals surface area (Å²) in [5.41, 5.74) is 3.29. The highest BCUT2D eigenvalue weighted by atomic mass is 19.4. The average molecular weight is 456 g/mol. The van der Waals surface area contributed by atoms with Gasteiger partial charge >= 0.3 is 12.1 Å². The van der Waals surface area contributed by atoms with E-state index in [1.807, 2.05) is 30.3 Å². The quantitative estimate of drug-likeness (QED) is 0.246. The second-order valence-electron chi connectivity index (χ2n) is 7.96. The van der Waals surface area contributed by atoms with Crippen LogP contribution in [0.2, 0.25) is 0 Å². The molecule has 3 rings (SSSR count). The SMILES string of the molecule is CCCCCC(C(=O)OCC)c1cc(-c2ccncc2)cc(-c2ccc(C(F)(F)F)cc2)c1. The molecule has 3 nitrogen and oxygen atoms in total. The highest BCUT2D eigenvalue weighted by Gasteiger charge is 2.30. The second kappa shape index (κ2) is 11.1. The number of pyridine rings is 1. The molecule has 0 saturated carbocycles. The zero-order valence-electron chi connectivity index (χ0n) is 18.9. The van der Waals surface area contributed by atoms with Crippen LogP contribution in [0, 0.1) is 0 Å². The molecule has 1 unspecified atom stereocenters. The minimum atomic E-state index is -4.39. The Bertz CT molecular complexity index is 1050. The molecule has 0 spiro atoms. The number of ether oxygens (including phenoxy) is 1. The number of esters is 1. The molecule has 0 amide bonds. The number of carbonyl (C=O) groups excluding carboxylic acids is 1. The Morgan fingerprint density at radius 1 is 0.879 bits per heavy atom. The molecule has 0 saturated heterocycles. The normalized spacial score (nSPS) is 12.4. The predicted octanol–water partition coefficient (Wildman–Crippen LogP) is 7.66. The van der Waals surface area contributed by atoms with Gasteiger partial charge in [0.2, 0.25) is 0 Å². The van der Waals surface area contributed by atoms with E-state index in [0.717, 1.165) is 53.6 Å². The first-order chi connectivity index (χ1) is 15.8. The van der Waals surface area contributed by atoms with Crippen LogP contribution in [0.3, 0.4) is 0 Å². The lowest BCUT2D eigenvalue weighted by molar-refractivity contribution is -0.145. The minimum Gasteiger partial charge on any atom is -0.466 e. The van der Waals surface area contributed by atoms with Crippen molar-refractivity contribution >= 4 is 5.97 Å². The van der Waals surface area contributed by atoms with Crippen LogP contribution in [0.25, 0.3) is 22.3 Å². The first kappa shape index (κ1) is 24.5. The van der Waals surface area contributed by atoms with Gasteiger partial charge in [-0.15, -0.1) is 0 Å². The van der Waals surface area contributed by atoms with E-state index < -0.39 is 17.7 Å². The summed E-state index contributed by atoms with van der Waals surface area (Å²) in [4.78, 5) is 16.9. The maximum absolute atomic E-state index is 13.0. The van der Waals surface area contributed by atoms with Crippen molar-refractivity contribution in [2.24, 2.45) is 0 Å². The molecule has 6 heteroatoms. The zero-order chi connectivity index (χ0) is 23.8. The highest BCUT2D eigenvalue weighted by Crippen LogP contribution is 2.35. The third-order valence-corrected chi connectivity index (χ3v) is 5.58. The summed E-state index contributed by atoms with van der Waals surface area (Å²) in [7, 11) is 0. The maximum Gasteiger partial charge on any atom is 0.416 e. The van der Waals surface area contributed by atoms with Crippen molar-refractivity contribution < 1.29 is 22.7 Å². The number of nitrogens with zero attached hydrogens (tertiary/aromatic N) is 1. The molecule has 174 valence electrons. The molecular weight excluding hydrogens is 427 g/mol. The van der Waals surface area contributed by atoms with Gasteiger partial charge in [0.1, 0.15) is 0 Å². The Morgan fingerprint density at radius 3 is 2.03 bits per heavy atom. The standard InChI is InChI=1S/C27H28F3NO2/c1-3-5-6-7-25(26(32)33-4-2)23-17-21(16-22(18-23)20-12-14-31-15-13-20)19-8-10-24(11-9-19)27(28,29)30/h8-18,25H,3-7H2,1-2H3. The molecule has 0 radical (unpaired) electrons. The van der Waals surface area contributed by atoms with Crippen LogP contribution < -0.4 is 0 Å². The summed E-state index contributed by atoms with van der Waals surface area (Å²) in [6.07, 6.45) is 2.55. The lowest BCUT2D eigenvalue weighted by Gasteiger charge is -2.19. The van der Waals surface area contributed by atoms with Crippen LogP contribution in [0.1, 0.15) is 56.6 Å². The van der Waals surface area contributed by atoms with Gasteiger partial charge < -0.3 is 4.74 Å². The maximum atomic E-state index is 13.0. The summed E-state index contributed by atoms with van der Waals surface area (Å²) < 4.78 is 44.4. The van der Waals surface area contributed by atoms with Gasteiger partial charge in [0, 0.05) is 12.4 Å². The molecule has 0 N–H and O–H groups in total. The smallest absolute Gasteiger partial charge is 0.416 e. The van der Waals surface area contributed by atoms with Gasteiger partial charge in [-0.3, -0.25) is 9.78 Å². The third kappa shape index (κ3) is 6.44. The summed E-state index contributed by atoms with van der Waals surface area (Å²) >= 11 is 0. The second-order valence-corrected chi connectivity index (χ2v) is 7.96. The molecule has 0 bridgehead atoms. The lowest BCUT2D eigenvalue weighted by atomic mass is 9.88. The molecule has 0 aliphatic carbocycles. The Morgan fingerprint density at radius 2 is 1.48 bits per heavy atom. The van der Waals surface area contributed by atoms with Gasteiger partial charge in [-0.05, 0) is 71.5 Å². The first-order valence-corrected chi connectivity index (χ1v) is 11.2. The van der Waals surface area contributed by atoms with E-state index in [9.17, 15) is 18.0 Å². The largest absolute Gasteiger partial charge is 0.466 e. The highest BCUT2D eigenvalue weighted by molar-refractivity contribution is 5.81. The van der Waals surface area contributed by atoms with Crippen LogP contribution in [0.15, 0.2) is 67.0 Å². The van der Waals surface area contributed by atoms with E-state index in [2.05, 4.69) is 11.9 Å². The van der Waals surface area contributed by atoms with Crippen LogP contribution in [-0.2, 0) is 15.7 Å². The number of carbonyl (C=O) groups is 1. The molecule has 2 aromatic carbocycles. The van der Waals surface area contributed by atoms with E-state index >= 15 is 0 Å². The van der Waals surface area contributed by atoms with Crippen LogP contribution >= 0.6 is 0 Å². The summed E-state index contributed by atoms with van der Waals surface area (Å²) in [5.74, 6) is -0.717. The van der Waals surface area contributed by atoms with Crippen molar-refractivity contribution in [2.75, 3.05) is 6.61 Å². The van der Waals surface area contributed by atoms with Crippen molar-refractivity contribution in [3.8, 4) is 22.3 Å². The average Bonchev–Trinajstić information content (AvgIpc) is 2.82. The zero-order valence-corrected chi connectivity index (χ0v) is 18.9. The number of alkyl halides is 3. The monoisotopic (exact) mass is 455 g/mol. The van der Waals surface area contributed by atoms with Gasteiger partial charge in [-0.25, -0.2) is 0 Å². The Labute approximate surface area is 192 Å². The van der Waals surface area contributed by atoms with E-state index in [-0.39, 0.29) is 5.97 Å². The van der Waals surface area contributed by atoms with Crippen LogP contribution in [0.4, 0.5) is 13.2 Å². The number of rotatable bonds is 9. The molecule has 1 aromatic heterocycles. The van der Waals surface area contributed by atoms with Crippen molar-refractivity contribution in [2.45, 2.75) is 51.6 Å². The van der Waals surface area contributed by atoms with Crippen LogP contribution in [0.5, 0.6) is 0 Å². The molecule has 3 aromatic rings. The third-order valence-electron chi connectivity index (χ3n) is 5.58. The van der Waals surface area contributed by atoms with Gasteiger partial charge in [0.15, 0.2) is 0 Å². The Balaban J connectivity index is 2.09. The molecule has 0 aliphatic rings. The van der Waals surface area contributed by atoms with Crippen molar-refractivity contribution in [3.63, 3.8) is 0 Å². The summed E-state index contributed by atoms with van der Waals surface area (Å²) in [6.45, 7) is 4.17. The minimum absolute atomic E-state index is 0.279. The van der Waals surface area contributed by atoms with Gasteiger partial charge in [0.05, 0.1) is 18.1 Å². The fraction of sp³-hybridized carbons (Fsp3) is 0.333. The number of hydrogen-bond donors (Lipinski definition) is 0. The first-order valence-electron chi connectivity index (χ1n) is 11.2. The van der Waals surface area contributed by atoms with Gasteiger partial charge in [-0.1, -0.05) is 50.5 Å². The van der Waals surface area contributed by atoms with E-state index in [4.69, 9.17) is 4.74 Å². The number of benzene rings is 2. The van der Waals surface area contributed by atoms with E-state index in [1.54, 1.807) is 19.3 Å². The van der Waals surface area contributed by atoms with E-state index in [0.29, 0.717) is 18.6 Å². The molecule has 1 heterocycles. The Kier molecular flexibility index (Phi) is 8.26. The number of hydrogen-bond acceptors (Lipinski definition) is 3. The Hall–Kier alpha value is -3.15. The van der Waals surface area contributed by atoms with Crippen molar-refractivity contribution in [1.82, 2.24) is 4.98 Å². The molecular formula is C27H28F3NO2. The predicted molar refractivity (Wildman–Crippen MR) is 124 cm³/mol. The molecule has 33 heavy (non-hydrogen) atoms. The molecule has 1 atom stereocenters. The number of halogens is 3. The fourth-order valence-corrected chi connectivity index (χ4v) is 3.84. The van der Waals surface area contributed by atoms with Crippen LogP contribution in [-0.4, -0.2) is 17.6 Å². The molecule has 0 aliphatic heterocycles. The topological polar surface area (TPSA) is 39.2 Å². The van der Waals surface area contributed by atoms with Gasteiger partial charge in [-0.2, -0.15) is 13.2 Å². The lowest BCUT2D eigenvalue weighted by Crippen LogP contribution is -2.16. The van der Waals surface area contributed by atoms with Crippen molar-refractivity contribution in [3.05, 3.63) is 78.1 Å². The summed E-state index contributed by atoms with van der Waals surface area (Å²) in [5, 5.41) is 0. The van der Waals surface area contributed by atoms with E-state index in [1.165, 1.54) is 12.1 Å². The molecule has 0 fully saturated rings. The fourth-order valence-electron chi connectivity index (χ4n) is 3.84. The number of unbranched alkanes of at least 4 members (excludes halogenated alkanes) is 2. The number of aromatic nitrogens is 1.